The van der Waals surface area contributed by atoms with Crippen molar-refractivity contribution in [2.24, 2.45) is 5.73 Å². The van der Waals surface area contributed by atoms with E-state index < -0.39 is 0 Å². The SMILES string of the molecule is COCC(C)(N)Cc1ccc(C(C)C)cc1. The standard InChI is InChI=1S/C14H23NO/c1-11(2)13-7-5-12(6-8-13)9-14(3,15)10-16-4/h5-8,11H,9-10,15H2,1-4H3. The molecule has 1 aromatic carbocycles. The second-order valence-electron chi connectivity index (χ2n) is 5.16. The van der Waals surface area contributed by atoms with Gasteiger partial charge in [0.05, 0.1) is 6.61 Å². The molecule has 90 valence electrons. The van der Waals surface area contributed by atoms with Gasteiger partial charge in [-0.05, 0) is 30.4 Å². The average molecular weight is 221 g/mol. The van der Waals surface area contributed by atoms with Crippen LogP contribution >= 0.6 is 0 Å². The zero-order chi connectivity index (χ0) is 12.2. The van der Waals surface area contributed by atoms with Gasteiger partial charge in [-0.2, -0.15) is 0 Å². The van der Waals surface area contributed by atoms with Crippen LogP contribution in [-0.4, -0.2) is 19.3 Å². The third kappa shape index (κ3) is 3.95. The molecule has 1 aromatic rings. The Morgan fingerprint density at radius 3 is 2.25 bits per heavy atom. The van der Waals surface area contributed by atoms with Gasteiger partial charge in [-0.25, -0.2) is 0 Å². The molecule has 0 saturated heterocycles. The Bertz CT molecular complexity index is 314. The Labute approximate surface area is 98.8 Å². The van der Waals surface area contributed by atoms with Crippen molar-refractivity contribution in [2.75, 3.05) is 13.7 Å². The van der Waals surface area contributed by atoms with Gasteiger partial charge in [0, 0.05) is 12.6 Å². The monoisotopic (exact) mass is 221 g/mol. The molecular formula is C14H23NO. The molecule has 0 saturated carbocycles. The maximum Gasteiger partial charge on any atom is 0.0642 e. The molecule has 0 bridgehead atoms. The lowest BCUT2D eigenvalue weighted by Gasteiger charge is -2.23. The lowest BCUT2D eigenvalue weighted by atomic mass is 9.93. The normalized spacial score (nSPS) is 15.1. The van der Waals surface area contributed by atoms with Gasteiger partial charge in [0.25, 0.3) is 0 Å². The second kappa shape index (κ2) is 5.46. The summed E-state index contributed by atoms with van der Waals surface area (Å²) in [5.41, 5.74) is 8.49. The zero-order valence-electron chi connectivity index (χ0n) is 10.8. The molecule has 0 fully saturated rings. The Balaban J connectivity index is 2.68. The van der Waals surface area contributed by atoms with E-state index in [4.69, 9.17) is 10.5 Å². The van der Waals surface area contributed by atoms with Gasteiger partial charge in [0.15, 0.2) is 0 Å². The van der Waals surface area contributed by atoms with Crippen LogP contribution in [0.2, 0.25) is 0 Å². The molecule has 0 spiro atoms. The van der Waals surface area contributed by atoms with Crippen molar-refractivity contribution in [2.45, 2.75) is 38.6 Å². The van der Waals surface area contributed by atoms with Gasteiger partial charge < -0.3 is 10.5 Å². The van der Waals surface area contributed by atoms with Crippen molar-refractivity contribution in [3.8, 4) is 0 Å². The number of hydrogen-bond acceptors (Lipinski definition) is 2. The van der Waals surface area contributed by atoms with Gasteiger partial charge in [0.2, 0.25) is 0 Å². The number of hydrogen-bond donors (Lipinski definition) is 1. The Hall–Kier alpha value is -0.860. The highest BCUT2D eigenvalue weighted by Crippen LogP contribution is 2.17. The lowest BCUT2D eigenvalue weighted by Crippen LogP contribution is -2.43. The molecule has 0 aliphatic carbocycles. The summed E-state index contributed by atoms with van der Waals surface area (Å²) in [5.74, 6) is 0.581. The van der Waals surface area contributed by atoms with E-state index in [1.807, 2.05) is 6.92 Å². The number of ether oxygens (including phenoxy) is 1. The van der Waals surface area contributed by atoms with Crippen LogP contribution in [0.15, 0.2) is 24.3 Å². The van der Waals surface area contributed by atoms with Crippen LogP contribution in [0.4, 0.5) is 0 Å². The molecule has 0 aliphatic heterocycles. The second-order valence-corrected chi connectivity index (χ2v) is 5.16. The van der Waals surface area contributed by atoms with E-state index in [2.05, 4.69) is 38.1 Å². The maximum atomic E-state index is 6.13. The van der Waals surface area contributed by atoms with Crippen LogP contribution in [0, 0.1) is 0 Å². The third-order valence-electron chi connectivity index (χ3n) is 2.73. The smallest absolute Gasteiger partial charge is 0.0642 e. The van der Waals surface area contributed by atoms with Crippen molar-refractivity contribution in [1.82, 2.24) is 0 Å². The number of rotatable bonds is 5. The maximum absolute atomic E-state index is 6.13. The van der Waals surface area contributed by atoms with Gasteiger partial charge in [-0.15, -0.1) is 0 Å². The minimum Gasteiger partial charge on any atom is -0.383 e. The molecule has 0 radical (unpaired) electrons. The highest BCUT2D eigenvalue weighted by molar-refractivity contribution is 5.25. The van der Waals surface area contributed by atoms with Crippen LogP contribution in [-0.2, 0) is 11.2 Å². The highest BCUT2D eigenvalue weighted by Gasteiger charge is 2.18. The number of nitrogens with two attached hydrogens (primary N) is 1. The summed E-state index contributed by atoms with van der Waals surface area (Å²) in [5, 5.41) is 0. The molecule has 0 aromatic heterocycles. The Morgan fingerprint density at radius 2 is 1.81 bits per heavy atom. The van der Waals surface area contributed by atoms with Crippen molar-refractivity contribution < 1.29 is 4.74 Å². The fraction of sp³-hybridized carbons (Fsp3) is 0.571. The summed E-state index contributed by atoms with van der Waals surface area (Å²) >= 11 is 0. The summed E-state index contributed by atoms with van der Waals surface area (Å²) in [7, 11) is 1.69. The van der Waals surface area contributed by atoms with Gasteiger partial charge in [-0.3, -0.25) is 0 Å². The summed E-state index contributed by atoms with van der Waals surface area (Å²) in [6.45, 7) is 7.01. The molecule has 1 rings (SSSR count). The van der Waals surface area contributed by atoms with Crippen LogP contribution in [0.3, 0.4) is 0 Å². The van der Waals surface area contributed by atoms with E-state index in [1.165, 1.54) is 11.1 Å². The first kappa shape index (κ1) is 13.2. The van der Waals surface area contributed by atoms with E-state index in [9.17, 15) is 0 Å². The summed E-state index contributed by atoms with van der Waals surface area (Å²) in [6.07, 6.45) is 0.846. The fourth-order valence-corrected chi connectivity index (χ4v) is 1.87. The molecule has 0 amide bonds. The molecule has 1 atom stereocenters. The first-order chi connectivity index (χ1) is 7.44. The minimum atomic E-state index is -0.284. The van der Waals surface area contributed by atoms with E-state index in [0.717, 1.165) is 6.42 Å². The number of methoxy groups -OCH3 is 1. The van der Waals surface area contributed by atoms with Crippen LogP contribution in [0.25, 0.3) is 0 Å². The van der Waals surface area contributed by atoms with Crippen molar-refractivity contribution in [1.29, 1.82) is 0 Å². The first-order valence-electron chi connectivity index (χ1n) is 5.81. The van der Waals surface area contributed by atoms with E-state index >= 15 is 0 Å². The lowest BCUT2D eigenvalue weighted by molar-refractivity contribution is 0.141. The molecule has 16 heavy (non-hydrogen) atoms. The van der Waals surface area contributed by atoms with E-state index in [-0.39, 0.29) is 5.54 Å². The van der Waals surface area contributed by atoms with E-state index in [0.29, 0.717) is 12.5 Å². The van der Waals surface area contributed by atoms with Gasteiger partial charge in [-0.1, -0.05) is 38.1 Å². The molecule has 2 N–H and O–H groups in total. The predicted octanol–water partition coefficient (Wildman–Crippen LogP) is 2.72. The summed E-state index contributed by atoms with van der Waals surface area (Å²) in [6, 6.07) is 8.69. The van der Waals surface area contributed by atoms with Crippen LogP contribution in [0.1, 0.15) is 37.8 Å². The largest absolute Gasteiger partial charge is 0.383 e. The predicted molar refractivity (Wildman–Crippen MR) is 68.7 cm³/mol. The topological polar surface area (TPSA) is 35.2 Å². The van der Waals surface area contributed by atoms with Crippen LogP contribution in [0.5, 0.6) is 0 Å². The van der Waals surface area contributed by atoms with Gasteiger partial charge >= 0.3 is 0 Å². The fourth-order valence-electron chi connectivity index (χ4n) is 1.87. The molecular weight excluding hydrogens is 198 g/mol. The molecule has 0 aliphatic rings. The van der Waals surface area contributed by atoms with Crippen LogP contribution < -0.4 is 5.73 Å². The molecule has 1 unspecified atom stereocenters. The van der Waals surface area contributed by atoms with Crippen molar-refractivity contribution in [3.63, 3.8) is 0 Å². The summed E-state index contributed by atoms with van der Waals surface area (Å²) in [4.78, 5) is 0. The van der Waals surface area contributed by atoms with Crippen molar-refractivity contribution in [3.05, 3.63) is 35.4 Å². The minimum absolute atomic E-state index is 0.284. The summed E-state index contributed by atoms with van der Waals surface area (Å²) < 4.78 is 5.12. The molecule has 0 heterocycles. The molecule has 2 heteroatoms. The average Bonchev–Trinajstić information content (AvgIpc) is 2.17. The Kier molecular flexibility index (Phi) is 4.51. The third-order valence-corrected chi connectivity index (χ3v) is 2.73. The quantitative estimate of drug-likeness (QED) is 0.829. The van der Waals surface area contributed by atoms with Crippen molar-refractivity contribution >= 4 is 0 Å². The zero-order valence-corrected chi connectivity index (χ0v) is 10.8. The highest BCUT2D eigenvalue weighted by atomic mass is 16.5. The van der Waals surface area contributed by atoms with Gasteiger partial charge in [0.1, 0.15) is 0 Å². The van der Waals surface area contributed by atoms with E-state index in [1.54, 1.807) is 7.11 Å². The number of benzene rings is 1. The first-order valence-corrected chi connectivity index (χ1v) is 5.81. The molecule has 2 nitrogen and oxygen atoms in total. The Morgan fingerprint density at radius 1 is 1.25 bits per heavy atom.